The maximum atomic E-state index is 13.7. The maximum absolute atomic E-state index is 13.7. The van der Waals surface area contributed by atoms with Crippen LogP contribution in [-0.4, -0.2) is 24.7 Å². The van der Waals surface area contributed by atoms with Crippen LogP contribution in [0.3, 0.4) is 0 Å². The van der Waals surface area contributed by atoms with Crippen molar-refractivity contribution in [2.24, 2.45) is 0 Å². The smallest absolute Gasteiger partial charge is 0.177 e. The molecule has 2 unspecified atom stereocenters. The third kappa shape index (κ3) is 8.44. The molecule has 2 N–H and O–H groups in total. The largest absolute Gasteiger partial charge is 0.303 e. The van der Waals surface area contributed by atoms with Gasteiger partial charge in [0, 0.05) is 43.0 Å². The maximum Gasteiger partial charge on any atom is 0.177 e. The molecule has 0 spiro atoms. The molecule has 2 aliphatic rings. The Bertz CT molecular complexity index is 2410. The summed E-state index contributed by atoms with van der Waals surface area (Å²) < 4.78 is 1.76. The third-order valence-electron chi connectivity index (χ3n) is 10.4. The van der Waals surface area contributed by atoms with Crippen LogP contribution in [0.25, 0.3) is 34.4 Å². The highest BCUT2D eigenvalue weighted by atomic mass is 79.9. The minimum Gasteiger partial charge on any atom is -0.303 e. The number of halogens is 4. The van der Waals surface area contributed by atoms with Crippen LogP contribution in [0, 0.1) is 0 Å². The molecule has 6 aromatic rings. The van der Waals surface area contributed by atoms with Crippen LogP contribution in [-0.2, 0) is 22.4 Å². The van der Waals surface area contributed by atoms with Gasteiger partial charge in [-0.3, -0.25) is 9.59 Å². The fourth-order valence-corrected chi connectivity index (χ4v) is 10.3. The summed E-state index contributed by atoms with van der Waals surface area (Å²) in [5.41, 5.74) is 9.47. The molecule has 0 saturated heterocycles. The Morgan fingerprint density at radius 2 is 0.965 bits per heavy atom. The second-order valence-electron chi connectivity index (χ2n) is 13.9. The number of rotatable bonds is 10. The number of hydrogen-bond acceptors (Lipinski definition) is 5. The summed E-state index contributed by atoms with van der Waals surface area (Å²) in [6.45, 7) is 1.49. The van der Waals surface area contributed by atoms with Crippen molar-refractivity contribution in [1.82, 2.24) is 10.6 Å². The highest BCUT2D eigenvalue weighted by Gasteiger charge is 2.26. The van der Waals surface area contributed by atoms with Crippen molar-refractivity contribution in [2.45, 2.75) is 34.7 Å². The van der Waals surface area contributed by atoms with Crippen LogP contribution in [0.2, 0.25) is 10.0 Å². The standard InChI is InChI=1S/C48H36Br2Cl2N2O2S/c49-37-15-7-5-13-35(37)43-31(17-21-39(55)47-33-11-3-1-9-29(33)25-27-53-47)19-23-41(45(43)51)57-42-24-20-32(44(46(42)52)36-14-6-8-16-38(36)50)18-22-40(56)48-34-12-4-2-10-30(34)26-28-54-48/h1-24,47-48,53-54H,25-28H2/b21-17+,22-18+. The van der Waals surface area contributed by atoms with Gasteiger partial charge in [-0.15, -0.1) is 0 Å². The van der Waals surface area contributed by atoms with Crippen molar-refractivity contribution in [1.29, 1.82) is 0 Å². The topological polar surface area (TPSA) is 58.2 Å². The summed E-state index contributed by atoms with van der Waals surface area (Å²) in [5.74, 6) is -0.0336. The van der Waals surface area contributed by atoms with Crippen LogP contribution < -0.4 is 10.6 Å². The average molecular weight is 936 g/mol. The molecule has 6 aromatic carbocycles. The number of carbonyl (C=O) groups excluding carboxylic acids is 2. The predicted molar refractivity (Wildman–Crippen MR) is 243 cm³/mol. The third-order valence-corrected chi connectivity index (χ3v) is 13.9. The lowest BCUT2D eigenvalue weighted by molar-refractivity contribution is -0.117. The van der Waals surface area contributed by atoms with Crippen LogP contribution in [0.15, 0.2) is 152 Å². The van der Waals surface area contributed by atoms with Crippen molar-refractivity contribution in [2.75, 3.05) is 13.1 Å². The molecule has 2 atom stereocenters. The zero-order valence-electron chi connectivity index (χ0n) is 30.6. The normalized spacial score (nSPS) is 16.4. The van der Waals surface area contributed by atoms with Gasteiger partial charge in [-0.2, -0.15) is 0 Å². The molecule has 0 fully saturated rings. The number of nitrogens with one attached hydrogen (secondary N) is 2. The second-order valence-corrected chi connectivity index (χ2v) is 17.4. The molecule has 284 valence electrons. The van der Waals surface area contributed by atoms with E-state index in [1.165, 1.54) is 22.9 Å². The fourth-order valence-electron chi connectivity index (χ4n) is 7.63. The molecule has 0 aromatic heterocycles. The van der Waals surface area contributed by atoms with E-state index in [1.807, 2.05) is 121 Å². The Balaban J connectivity index is 1.15. The Labute approximate surface area is 364 Å². The second kappa shape index (κ2) is 17.8. The molecule has 57 heavy (non-hydrogen) atoms. The van der Waals surface area contributed by atoms with Gasteiger partial charge in [0.15, 0.2) is 11.6 Å². The van der Waals surface area contributed by atoms with Crippen molar-refractivity contribution >= 4 is 90.5 Å². The molecule has 0 aliphatic carbocycles. The first kappa shape index (κ1) is 39.8. The first-order chi connectivity index (χ1) is 27.8. The fraction of sp³-hybridized carbons (Fsp3) is 0.125. The molecule has 4 nitrogen and oxygen atoms in total. The molecule has 0 saturated carbocycles. The summed E-state index contributed by atoms with van der Waals surface area (Å²) in [6.07, 6.45) is 8.81. The molecule has 0 radical (unpaired) electrons. The summed E-state index contributed by atoms with van der Waals surface area (Å²) in [4.78, 5) is 28.9. The predicted octanol–water partition coefficient (Wildman–Crippen LogP) is 12.9. The molecule has 2 heterocycles. The number of ketones is 2. The van der Waals surface area contributed by atoms with Gasteiger partial charge in [0.05, 0.1) is 22.1 Å². The van der Waals surface area contributed by atoms with E-state index in [4.69, 9.17) is 23.2 Å². The lowest BCUT2D eigenvalue weighted by Gasteiger charge is -2.25. The minimum atomic E-state index is -0.402. The molecular formula is C48H36Br2Cl2N2O2S. The summed E-state index contributed by atoms with van der Waals surface area (Å²) in [6, 6.07) is 39.2. The Hall–Kier alpha value is -4.05. The average Bonchev–Trinajstić information content (AvgIpc) is 3.24. The SMILES string of the molecule is O=C(/C=C/c1ccc(Sc2ccc(/C=C/C(=O)C3NCCc4ccccc43)c(-c3ccccc3Br)c2Cl)c(Cl)c1-c1ccccc1Br)C1NCCc2ccccc21. The monoisotopic (exact) mass is 932 g/mol. The zero-order valence-corrected chi connectivity index (χ0v) is 36.1. The van der Waals surface area contributed by atoms with E-state index >= 15 is 0 Å². The van der Waals surface area contributed by atoms with Gasteiger partial charge in [0.2, 0.25) is 0 Å². The molecule has 0 amide bonds. The van der Waals surface area contributed by atoms with Crippen molar-refractivity contribution in [3.05, 3.63) is 186 Å². The number of fused-ring (bicyclic) bond motifs is 2. The van der Waals surface area contributed by atoms with Gasteiger partial charge >= 0.3 is 0 Å². The minimum absolute atomic E-state index is 0.0168. The molecule has 0 bridgehead atoms. The van der Waals surface area contributed by atoms with Crippen molar-refractivity contribution < 1.29 is 9.59 Å². The van der Waals surface area contributed by atoms with Gasteiger partial charge in [-0.25, -0.2) is 0 Å². The lowest BCUT2D eigenvalue weighted by Crippen LogP contribution is -2.34. The van der Waals surface area contributed by atoms with E-state index in [9.17, 15) is 9.59 Å². The molecule has 2 aliphatic heterocycles. The van der Waals surface area contributed by atoms with Gasteiger partial charge in [-0.1, -0.05) is 176 Å². The van der Waals surface area contributed by atoms with Crippen LogP contribution >= 0.6 is 66.8 Å². The van der Waals surface area contributed by atoms with Crippen LogP contribution in [0.4, 0.5) is 0 Å². The first-order valence-corrected chi connectivity index (χ1v) is 21.8. The number of benzene rings is 6. The summed E-state index contributed by atoms with van der Waals surface area (Å²) in [7, 11) is 0. The summed E-state index contributed by atoms with van der Waals surface area (Å²) >= 11 is 23.7. The van der Waals surface area contributed by atoms with E-state index in [0.717, 1.165) is 89.2 Å². The highest BCUT2D eigenvalue weighted by molar-refractivity contribution is 9.11. The van der Waals surface area contributed by atoms with Crippen molar-refractivity contribution in [3.63, 3.8) is 0 Å². The van der Waals surface area contributed by atoms with Gasteiger partial charge in [0.25, 0.3) is 0 Å². The van der Waals surface area contributed by atoms with E-state index in [0.29, 0.717) is 10.0 Å². The number of hydrogen-bond donors (Lipinski definition) is 2. The Morgan fingerprint density at radius 1 is 0.561 bits per heavy atom. The van der Waals surface area contributed by atoms with Crippen LogP contribution in [0.1, 0.15) is 45.5 Å². The van der Waals surface area contributed by atoms with Crippen molar-refractivity contribution in [3.8, 4) is 22.3 Å². The Kier molecular flexibility index (Phi) is 12.4. The van der Waals surface area contributed by atoms with Gasteiger partial charge in [-0.05, 0) is 93.8 Å². The molecular weight excluding hydrogens is 899 g/mol. The lowest BCUT2D eigenvalue weighted by atomic mass is 9.91. The van der Waals surface area contributed by atoms with Gasteiger partial charge < -0.3 is 10.6 Å². The van der Waals surface area contributed by atoms with E-state index in [2.05, 4.69) is 54.6 Å². The first-order valence-electron chi connectivity index (χ1n) is 18.7. The van der Waals surface area contributed by atoms with Gasteiger partial charge in [0.1, 0.15) is 0 Å². The van der Waals surface area contributed by atoms with E-state index in [1.54, 1.807) is 12.2 Å². The summed E-state index contributed by atoms with van der Waals surface area (Å²) in [5, 5.41) is 7.87. The zero-order chi connectivity index (χ0) is 39.5. The Morgan fingerprint density at radius 3 is 1.40 bits per heavy atom. The number of carbonyl (C=O) groups is 2. The quantitative estimate of drug-likeness (QED) is 0.134. The van der Waals surface area contributed by atoms with Crippen LogP contribution in [0.5, 0.6) is 0 Å². The van der Waals surface area contributed by atoms with E-state index < -0.39 is 12.1 Å². The molecule has 9 heteroatoms. The highest BCUT2D eigenvalue weighted by Crippen LogP contribution is 2.48. The molecule has 8 rings (SSSR count). The van der Waals surface area contributed by atoms with E-state index in [-0.39, 0.29) is 11.6 Å².